The van der Waals surface area contributed by atoms with Crippen LogP contribution in [0.15, 0.2) is 42.6 Å². The van der Waals surface area contributed by atoms with Crippen molar-refractivity contribution in [3.8, 4) is 0 Å². The number of hydrogen-bond donors (Lipinski definition) is 1. The zero-order valence-corrected chi connectivity index (χ0v) is 31.0. The number of sulfonamides is 1. The average Bonchev–Trinajstić information content (AvgIpc) is 3.07. The Labute approximate surface area is 291 Å². The monoisotopic (exact) mass is 690 g/mol. The maximum Gasteiger partial charge on any atom is 0.407 e. The van der Waals surface area contributed by atoms with Gasteiger partial charge in [0.1, 0.15) is 6.54 Å². The predicted molar refractivity (Wildman–Crippen MR) is 194 cm³/mol. The molecule has 0 saturated carbocycles. The van der Waals surface area contributed by atoms with Crippen molar-refractivity contribution >= 4 is 32.9 Å². The van der Waals surface area contributed by atoms with Crippen molar-refractivity contribution in [1.82, 2.24) is 9.62 Å². The molecule has 0 radical (unpaired) electrons. The summed E-state index contributed by atoms with van der Waals surface area (Å²) in [4.78, 5) is 24.8. The zero-order valence-electron chi connectivity index (χ0n) is 30.1. The first-order chi connectivity index (χ1) is 23.3. The van der Waals surface area contributed by atoms with Crippen molar-refractivity contribution in [2.75, 3.05) is 39.2 Å². The second-order valence-electron chi connectivity index (χ2n) is 13.1. The molecule has 2 aromatic rings. The number of ether oxygens (including phenoxy) is 2. The van der Waals surface area contributed by atoms with Gasteiger partial charge in [0.2, 0.25) is 21.4 Å². The van der Waals surface area contributed by atoms with E-state index in [1.54, 1.807) is 0 Å². The van der Waals surface area contributed by atoms with Gasteiger partial charge in [0.15, 0.2) is 6.20 Å². The minimum Gasteiger partial charge on any atom is -0.449 e. The second kappa shape index (κ2) is 25.3. The van der Waals surface area contributed by atoms with E-state index in [-0.39, 0.29) is 25.5 Å². The lowest BCUT2D eigenvalue weighted by atomic mass is 10.0. The minimum atomic E-state index is -3.88. The molecule has 1 unspecified atom stereocenters. The molecule has 1 N–H and O–H groups in total. The van der Waals surface area contributed by atoms with Crippen LogP contribution in [0.4, 0.5) is 4.79 Å². The molecule has 0 saturated heterocycles. The number of carbonyl (C=O) groups is 2. The number of benzene rings is 1. The molecule has 9 nitrogen and oxygen atoms in total. The number of rotatable bonds is 28. The number of aryl methyl sites for hydroxylation is 1. The standard InChI is InChI=1S/C38H63N3O6S/c1-4-5-6-7-8-9-10-11-12-13-14-15-16-17-18-21-27-39-38(43)47-33-35(32-46-3)31-41(34(2)42)48(44,45)30-23-29-40-28-22-25-36-24-19-20-26-37(36)40/h19-20,22,24-26,28,35H,4-18,21,23,27,29-33H2,1-3H3/p+1. The molecule has 1 atom stereocenters. The molecule has 1 aromatic heterocycles. The lowest BCUT2D eigenvalue weighted by Crippen LogP contribution is -2.43. The summed E-state index contributed by atoms with van der Waals surface area (Å²) >= 11 is 0. The van der Waals surface area contributed by atoms with Gasteiger partial charge in [0.25, 0.3) is 0 Å². The van der Waals surface area contributed by atoms with Crippen molar-refractivity contribution in [2.45, 2.75) is 130 Å². The SMILES string of the molecule is CCCCCCCCCCCCCCCCCCNC(=O)OCC(COC)CN(C(C)=O)S(=O)(=O)CCC[n+]1cccc2ccccc21. The van der Waals surface area contributed by atoms with Gasteiger partial charge < -0.3 is 14.8 Å². The van der Waals surface area contributed by atoms with Crippen molar-refractivity contribution in [3.63, 3.8) is 0 Å². The topological polar surface area (TPSA) is 106 Å². The van der Waals surface area contributed by atoms with E-state index >= 15 is 0 Å². The lowest BCUT2D eigenvalue weighted by Gasteiger charge is -2.25. The summed E-state index contributed by atoms with van der Waals surface area (Å²) in [6, 6.07) is 11.9. The van der Waals surface area contributed by atoms with Crippen molar-refractivity contribution in [3.05, 3.63) is 42.6 Å². The fourth-order valence-corrected chi connectivity index (χ4v) is 7.66. The number of hydrogen-bond acceptors (Lipinski definition) is 6. The van der Waals surface area contributed by atoms with E-state index in [1.807, 2.05) is 47.2 Å². The largest absolute Gasteiger partial charge is 0.449 e. The van der Waals surface area contributed by atoms with Gasteiger partial charge in [0, 0.05) is 57.0 Å². The summed E-state index contributed by atoms with van der Waals surface area (Å²) in [7, 11) is -2.38. The molecule has 1 aromatic carbocycles. The Morgan fingerprint density at radius 1 is 0.792 bits per heavy atom. The highest BCUT2D eigenvalue weighted by Gasteiger charge is 2.29. The van der Waals surface area contributed by atoms with Crippen LogP contribution in [0, 0.1) is 5.92 Å². The quantitative estimate of drug-likeness (QED) is 0.0718. The average molecular weight is 691 g/mol. The highest BCUT2D eigenvalue weighted by atomic mass is 32.2. The zero-order chi connectivity index (χ0) is 34.9. The van der Waals surface area contributed by atoms with E-state index in [2.05, 4.69) is 12.2 Å². The van der Waals surface area contributed by atoms with Crippen LogP contribution in [-0.2, 0) is 30.8 Å². The van der Waals surface area contributed by atoms with Crippen LogP contribution in [0.3, 0.4) is 0 Å². The molecule has 48 heavy (non-hydrogen) atoms. The Morgan fingerprint density at radius 3 is 1.94 bits per heavy atom. The summed E-state index contributed by atoms with van der Waals surface area (Å²) in [5.74, 6) is -1.23. The molecule has 0 aliphatic rings. The molecule has 2 rings (SSSR count). The number of nitrogens with one attached hydrogen (secondary N) is 1. The molecule has 2 amide bonds. The number of nitrogens with zero attached hydrogens (tertiary/aromatic N) is 2. The van der Waals surface area contributed by atoms with Gasteiger partial charge in [-0.2, -0.15) is 4.57 Å². The van der Waals surface area contributed by atoms with Gasteiger partial charge in [-0.1, -0.05) is 115 Å². The fraction of sp³-hybridized carbons (Fsp3) is 0.711. The number of alkyl carbamates (subject to hydrolysis) is 1. The Kier molecular flexibility index (Phi) is 21.8. The highest BCUT2D eigenvalue weighted by molar-refractivity contribution is 7.89. The van der Waals surface area contributed by atoms with E-state index < -0.39 is 27.9 Å². The van der Waals surface area contributed by atoms with E-state index in [1.165, 1.54) is 104 Å². The molecule has 0 aliphatic carbocycles. The van der Waals surface area contributed by atoms with Crippen LogP contribution >= 0.6 is 0 Å². The van der Waals surface area contributed by atoms with Crippen LogP contribution in [0.25, 0.3) is 10.9 Å². The molecule has 0 bridgehead atoms. The van der Waals surface area contributed by atoms with E-state index in [4.69, 9.17) is 9.47 Å². The maximum atomic E-state index is 13.2. The van der Waals surface area contributed by atoms with Crippen LogP contribution in [0.2, 0.25) is 0 Å². The first-order valence-corrected chi connectivity index (χ1v) is 20.2. The molecule has 1 heterocycles. The Hall–Kier alpha value is -2.72. The molecular weight excluding hydrogens is 626 g/mol. The Morgan fingerprint density at radius 2 is 1.35 bits per heavy atom. The third-order valence-electron chi connectivity index (χ3n) is 8.85. The van der Waals surface area contributed by atoms with E-state index in [9.17, 15) is 18.0 Å². The van der Waals surface area contributed by atoms with Crippen molar-refractivity contribution in [2.24, 2.45) is 5.92 Å². The number of carbonyl (C=O) groups excluding carboxylic acids is 2. The molecule has 272 valence electrons. The number of aromatic nitrogens is 1. The van der Waals surface area contributed by atoms with Crippen molar-refractivity contribution < 1.29 is 32.0 Å². The number of methoxy groups -OCH3 is 1. The molecule has 0 aliphatic heterocycles. The van der Waals surface area contributed by atoms with Gasteiger partial charge in [-0.15, -0.1) is 0 Å². The van der Waals surface area contributed by atoms with Gasteiger partial charge in [-0.3, -0.25) is 4.79 Å². The van der Waals surface area contributed by atoms with Gasteiger partial charge >= 0.3 is 6.09 Å². The summed E-state index contributed by atoms with van der Waals surface area (Å²) in [6.07, 6.45) is 22.5. The number of para-hydroxylation sites is 1. The van der Waals surface area contributed by atoms with Gasteiger partial charge in [0.05, 0.1) is 19.0 Å². The third kappa shape index (κ3) is 17.6. The van der Waals surface area contributed by atoms with Crippen molar-refractivity contribution in [1.29, 1.82) is 0 Å². The third-order valence-corrected chi connectivity index (χ3v) is 10.7. The normalized spacial score (nSPS) is 12.2. The summed E-state index contributed by atoms with van der Waals surface area (Å²) in [5, 5.41) is 3.86. The highest BCUT2D eigenvalue weighted by Crippen LogP contribution is 2.15. The number of amides is 2. The number of unbranched alkanes of at least 4 members (excludes halogenated alkanes) is 15. The minimum absolute atomic E-state index is 0.0518. The maximum absolute atomic E-state index is 13.2. The smallest absolute Gasteiger partial charge is 0.407 e. The van der Waals surface area contributed by atoms with Gasteiger partial charge in [-0.05, 0) is 18.6 Å². The lowest BCUT2D eigenvalue weighted by molar-refractivity contribution is -0.671. The predicted octanol–water partition coefficient (Wildman–Crippen LogP) is 7.95. The number of fused-ring (bicyclic) bond motifs is 1. The van der Waals surface area contributed by atoms with E-state index in [0.717, 1.165) is 28.0 Å². The summed E-state index contributed by atoms with van der Waals surface area (Å²) < 4.78 is 40.0. The number of pyridine rings is 1. The molecular formula is C38H64N3O6S+. The second-order valence-corrected chi connectivity index (χ2v) is 15.1. The fourth-order valence-electron chi connectivity index (χ4n) is 6.11. The molecule has 10 heteroatoms. The summed E-state index contributed by atoms with van der Waals surface area (Å²) in [5.41, 5.74) is 1.02. The first-order valence-electron chi connectivity index (χ1n) is 18.6. The van der Waals surface area contributed by atoms with Crippen LogP contribution in [0.1, 0.15) is 123 Å². The first kappa shape index (κ1) is 41.5. The summed E-state index contributed by atoms with van der Waals surface area (Å²) in [6.45, 7) is 4.53. The molecule has 0 spiro atoms. The van der Waals surface area contributed by atoms with Crippen LogP contribution in [-0.4, -0.2) is 63.9 Å². The van der Waals surface area contributed by atoms with Gasteiger partial charge in [-0.25, -0.2) is 17.5 Å². The van der Waals surface area contributed by atoms with Crippen LogP contribution < -0.4 is 9.88 Å². The van der Waals surface area contributed by atoms with Crippen LogP contribution in [0.5, 0.6) is 0 Å². The van der Waals surface area contributed by atoms with E-state index in [0.29, 0.717) is 19.5 Å². The molecule has 0 fully saturated rings. The Balaban J connectivity index is 1.59. The Bertz CT molecular complexity index is 1270.